The first-order chi connectivity index (χ1) is 13.8. The smallest absolute Gasteiger partial charge is 0.243 e. The van der Waals surface area contributed by atoms with Crippen molar-refractivity contribution in [2.45, 2.75) is 31.1 Å². The Balaban J connectivity index is 1.39. The zero-order valence-corrected chi connectivity index (χ0v) is 18.2. The standard InChI is InChI=1S/C22H25ClN2O3S/c1-15-7-8-17(13-16(15)2)29(27,28)25-11-9-24(10-12-25)22(26)20-14-19(20)18-5-3-4-6-21(18)23/h3-8,13,19-20H,9-12,14H2,1-2H3/t19-,20+/m0/s1. The van der Waals surface area contributed by atoms with E-state index < -0.39 is 10.0 Å². The van der Waals surface area contributed by atoms with E-state index in [1.165, 1.54) is 4.31 Å². The van der Waals surface area contributed by atoms with Gasteiger partial charge in [-0.3, -0.25) is 4.79 Å². The number of amides is 1. The Morgan fingerprint density at radius 2 is 1.69 bits per heavy atom. The van der Waals surface area contributed by atoms with Crippen molar-refractivity contribution >= 4 is 27.5 Å². The minimum Gasteiger partial charge on any atom is -0.340 e. The van der Waals surface area contributed by atoms with Gasteiger partial charge in [-0.25, -0.2) is 8.42 Å². The summed E-state index contributed by atoms with van der Waals surface area (Å²) in [7, 11) is -3.54. The average molecular weight is 433 g/mol. The quantitative estimate of drug-likeness (QED) is 0.741. The van der Waals surface area contributed by atoms with Gasteiger partial charge in [0.25, 0.3) is 0 Å². The van der Waals surface area contributed by atoms with Crippen LogP contribution in [0.15, 0.2) is 47.4 Å². The van der Waals surface area contributed by atoms with Gasteiger partial charge in [-0.2, -0.15) is 4.31 Å². The molecule has 2 aromatic carbocycles. The highest BCUT2D eigenvalue weighted by molar-refractivity contribution is 7.89. The predicted molar refractivity (Wildman–Crippen MR) is 114 cm³/mol. The van der Waals surface area contributed by atoms with Crippen LogP contribution in [0.5, 0.6) is 0 Å². The van der Waals surface area contributed by atoms with Crippen LogP contribution in [-0.4, -0.2) is 49.7 Å². The van der Waals surface area contributed by atoms with Crippen LogP contribution in [0.3, 0.4) is 0 Å². The van der Waals surface area contributed by atoms with Crippen molar-refractivity contribution in [1.29, 1.82) is 0 Å². The first kappa shape index (κ1) is 20.4. The number of piperazine rings is 1. The predicted octanol–water partition coefficient (Wildman–Crippen LogP) is 3.59. The van der Waals surface area contributed by atoms with Crippen molar-refractivity contribution in [2.24, 2.45) is 5.92 Å². The maximum atomic E-state index is 13.0. The van der Waals surface area contributed by atoms with Gasteiger partial charge in [-0.1, -0.05) is 35.9 Å². The first-order valence-electron chi connectivity index (χ1n) is 9.89. The van der Waals surface area contributed by atoms with Crippen LogP contribution in [0.25, 0.3) is 0 Å². The molecule has 0 bridgehead atoms. The molecule has 1 aliphatic heterocycles. The fourth-order valence-corrected chi connectivity index (χ4v) is 5.78. The van der Waals surface area contributed by atoms with Crippen molar-refractivity contribution in [3.05, 3.63) is 64.2 Å². The maximum absolute atomic E-state index is 13.0. The summed E-state index contributed by atoms with van der Waals surface area (Å²) in [6.45, 7) is 5.37. The fourth-order valence-electron chi connectivity index (χ4n) is 3.99. The van der Waals surface area contributed by atoms with E-state index in [2.05, 4.69) is 0 Å². The molecule has 1 saturated heterocycles. The molecule has 2 aromatic rings. The molecule has 154 valence electrons. The normalized spacial score (nSPS) is 22.5. The van der Waals surface area contributed by atoms with Crippen LogP contribution in [0, 0.1) is 19.8 Å². The van der Waals surface area contributed by atoms with Crippen molar-refractivity contribution < 1.29 is 13.2 Å². The zero-order valence-electron chi connectivity index (χ0n) is 16.6. The van der Waals surface area contributed by atoms with Crippen molar-refractivity contribution in [2.75, 3.05) is 26.2 Å². The average Bonchev–Trinajstić information content (AvgIpc) is 3.50. The summed E-state index contributed by atoms with van der Waals surface area (Å²) in [4.78, 5) is 15.0. The van der Waals surface area contributed by atoms with Crippen LogP contribution in [0.1, 0.15) is 29.0 Å². The summed E-state index contributed by atoms with van der Waals surface area (Å²) < 4.78 is 27.4. The lowest BCUT2D eigenvalue weighted by molar-refractivity contribution is -0.133. The second-order valence-corrected chi connectivity index (χ2v) is 10.3. The van der Waals surface area contributed by atoms with E-state index in [1.54, 1.807) is 17.0 Å². The highest BCUT2D eigenvalue weighted by Crippen LogP contribution is 2.50. The molecule has 0 N–H and O–H groups in total. The number of sulfonamides is 1. The molecule has 1 amide bonds. The third-order valence-corrected chi connectivity index (χ3v) is 8.32. The van der Waals surface area contributed by atoms with Gasteiger partial charge in [0.15, 0.2) is 0 Å². The first-order valence-corrected chi connectivity index (χ1v) is 11.7. The number of carbonyl (C=O) groups is 1. The molecule has 2 fully saturated rings. The third kappa shape index (κ3) is 3.93. The summed E-state index contributed by atoms with van der Waals surface area (Å²) >= 11 is 6.27. The molecular formula is C22H25ClN2O3S. The molecule has 7 heteroatoms. The van der Waals surface area contributed by atoms with Crippen molar-refractivity contribution in [3.63, 3.8) is 0 Å². The van der Waals surface area contributed by atoms with Gasteiger partial charge in [0.2, 0.25) is 15.9 Å². The second kappa shape index (κ2) is 7.74. The molecule has 4 rings (SSSR count). The van der Waals surface area contributed by atoms with E-state index in [0.717, 1.165) is 23.1 Å². The number of rotatable bonds is 4. The number of hydrogen-bond donors (Lipinski definition) is 0. The molecule has 1 saturated carbocycles. The Hall–Kier alpha value is -1.89. The summed E-state index contributed by atoms with van der Waals surface area (Å²) in [6, 6.07) is 12.9. The van der Waals surface area contributed by atoms with Crippen LogP contribution < -0.4 is 0 Å². The van der Waals surface area contributed by atoms with E-state index in [-0.39, 0.29) is 17.7 Å². The fraction of sp³-hybridized carbons (Fsp3) is 0.409. The summed E-state index contributed by atoms with van der Waals surface area (Å²) in [5.41, 5.74) is 3.06. The van der Waals surface area contributed by atoms with Crippen LogP contribution >= 0.6 is 11.6 Å². The largest absolute Gasteiger partial charge is 0.340 e. The number of hydrogen-bond acceptors (Lipinski definition) is 3. The number of aryl methyl sites for hydroxylation is 2. The molecule has 5 nitrogen and oxygen atoms in total. The molecular weight excluding hydrogens is 408 g/mol. The van der Waals surface area contributed by atoms with Crippen LogP contribution in [-0.2, 0) is 14.8 Å². The Labute approximate surface area is 177 Å². The lowest BCUT2D eigenvalue weighted by atomic mass is 10.1. The van der Waals surface area contributed by atoms with Crippen LogP contribution in [0.4, 0.5) is 0 Å². The number of carbonyl (C=O) groups excluding carboxylic acids is 1. The SMILES string of the molecule is Cc1ccc(S(=O)(=O)N2CCN(C(=O)[C@@H]3C[C@H]3c3ccccc3Cl)CC2)cc1C. The Kier molecular flexibility index (Phi) is 5.44. The number of halogens is 1. The second-order valence-electron chi connectivity index (χ2n) is 7.95. The van der Waals surface area contributed by atoms with E-state index in [0.29, 0.717) is 36.1 Å². The van der Waals surface area contributed by atoms with Gasteiger partial charge >= 0.3 is 0 Å². The molecule has 1 aliphatic carbocycles. The Bertz CT molecular complexity index is 1050. The van der Waals surface area contributed by atoms with E-state index >= 15 is 0 Å². The molecule has 0 spiro atoms. The van der Waals surface area contributed by atoms with Gasteiger partial charge in [-0.05, 0) is 61.1 Å². The topological polar surface area (TPSA) is 57.7 Å². The van der Waals surface area contributed by atoms with Gasteiger partial charge in [-0.15, -0.1) is 0 Å². The van der Waals surface area contributed by atoms with E-state index in [9.17, 15) is 13.2 Å². The minimum absolute atomic E-state index is 0.0437. The third-order valence-electron chi connectivity index (χ3n) is 6.08. The molecule has 1 heterocycles. The molecule has 29 heavy (non-hydrogen) atoms. The van der Waals surface area contributed by atoms with E-state index in [1.807, 2.05) is 44.2 Å². The minimum atomic E-state index is -3.54. The molecule has 0 unspecified atom stereocenters. The summed E-state index contributed by atoms with van der Waals surface area (Å²) in [5, 5.41) is 0.706. The zero-order chi connectivity index (χ0) is 20.8. The van der Waals surface area contributed by atoms with Gasteiger partial charge < -0.3 is 4.90 Å². The maximum Gasteiger partial charge on any atom is 0.243 e. The highest BCUT2D eigenvalue weighted by Gasteiger charge is 2.47. The lowest BCUT2D eigenvalue weighted by Crippen LogP contribution is -2.51. The van der Waals surface area contributed by atoms with Gasteiger partial charge in [0.1, 0.15) is 0 Å². The molecule has 2 atom stereocenters. The number of benzene rings is 2. The van der Waals surface area contributed by atoms with E-state index in [4.69, 9.17) is 11.6 Å². The molecule has 0 radical (unpaired) electrons. The highest BCUT2D eigenvalue weighted by atomic mass is 35.5. The summed E-state index contributed by atoms with van der Waals surface area (Å²) in [6.07, 6.45) is 0.809. The Morgan fingerprint density at radius 1 is 1.00 bits per heavy atom. The summed E-state index contributed by atoms with van der Waals surface area (Å²) in [5.74, 6) is 0.240. The molecule has 0 aromatic heterocycles. The molecule has 2 aliphatic rings. The van der Waals surface area contributed by atoms with Gasteiger partial charge in [0, 0.05) is 37.1 Å². The van der Waals surface area contributed by atoms with Gasteiger partial charge in [0.05, 0.1) is 4.90 Å². The lowest BCUT2D eigenvalue weighted by Gasteiger charge is -2.34. The van der Waals surface area contributed by atoms with Crippen molar-refractivity contribution in [1.82, 2.24) is 9.21 Å². The van der Waals surface area contributed by atoms with Crippen molar-refractivity contribution in [3.8, 4) is 0 Å². The Morgan fingerprint density at radius 3 is 2.34 bits per heavy atom. The monoisotopic (exact) mass is 432 g/mol. The number of nitrogens with zero attached hydrogens (tertiary/aromatic N) is 2. The van der Waals surface area contributed by atoms with Crippen LogP contribution in [0.2, 0.25) is 5.02 Å².